The molecule has 0 heterocycles. The topological polar surface area (TPSA) is 124 Å². The number of rotatable bonds is 9. The highest BCUT2D eigenvalue weighted by Crippen LogP contribution is 2.31. The van der Waals surface area contributed by atoms with Gasteiger partial charge in [0.1, 0.15) is 24.0 Å². The molecule has 3 aromatic rings. The van der Waals surface area contributed by atoms with Gasteiger partial charge in [-0.05, 0) is 47.5 Å². The van der Waals surface area contributed by atoms with Crippen LogP contribution in [-0.2, 0) is 11.4 Å². The van der Waals surface area contributed by atoms with Crippen molar-refractivity contribution in [2.24, 2.45) is 0 Å². The Morgan fingerprint density at radius 2 is 1.74 bits per heavy atom. The third-order valence-electron chi connectivity index (χ3n) is 4.81. The van der Waals surface area contributed by atoms with Crippen molar-refractivity contribution in [2.75, 3.05) is 19.5 Å². The number of hydrogen-bond donors (Lipinski definition) is 1. The smallest absolute Gasteiger partial charge is 0.271 e. The zero-order valence-electron chi connectivity index (χ0n) is 18.8. The van der Waals surface area contributed by atoms with Crippen LogP contribution in [0.2, 0.25) is 0 Å². The van der Waals surface area contributed by atoms with Crippen molar-refractivity contribution in [1.82, 2.24) is 0 Å². The predicted molar refractivity (Wildman–Crippen MR) is 133 cm³/mol. The second kappa shape index (κ2) is 11.7. The first-order valence-corrected chi connectivity index (χ1v) is 10.9. The van der Waals surface area contributed by atoms with E-state index in [9.17, 15) is 20.2 Å². The summed E-state index contributed by atoms with van der Waals surface area (Å²) in [5, 5.41) is 23.1. The first-order chi connectivity index (χ1) is 16.8. The van der Waals surface area contributed by atoms with E-state index in [4.69, 9.17) is 14.2 Å². The Balaban J connectivity index is 1.84. The van der Waals surface area contributed by atoms with Crippen LogP contribution in [0.5, 0.6) is 17.2 Å². The van der Waals surface area contributed by atoms with Crippen LogP contribution in [0, 0.1) is 21.4 Å². The summed E-state index contributed by atoms with van der Waals surface area (Å²) < 4.78 is 17.4. The second-order valence-corrected chi connectivity index (χ2v) is 8.01. The summed E-state index contributed by atoms with van der Waals surface area (Å²) in [6, 6.07) is 18.3. The number of nitrogens with one attached hydrogen (secondary N) is 1. The first-order valence-electron chi connectivity index (χ1n) is 10.2. The van der Waals surface area contributed by atoms with E-state index in [1.165, 1.54) is 32.4 Å². The Bertz CT molecular complexity index is 1320. The summed E-state index contributed by atoms with van der Waals surface area (Å²) in [6.45, 7) is 0.287. The summed E-state index contributed by atoms with van der Waals surface area (Å²) in [7, 11) is 2.88. The molecule has 9 nitrogen and oxygen atoms in total. The normalized spacial score (nSPS) is 10.7. The molecule has 1 amide bonds. The molecule has 0 unspecified atom stereocenters. The zero-order chi connectivity index (χ0) is 25.4. The van der Waals surface area contributed by atoms with E-state index in [0.717, 1.165) is 16.1 Å². The second-order valence-electron chi connectivity index (χ2n) is 7.09. The number of halogens is 1. The van der Waals surface area contributed by atoms with Gasteiger partial charge in [0.25, 0.3) is 11.6 Å². The van der Waals surface area contributed by atoms with Gasteiger partial charge in [0.2, 0.25) is 0 Å². The SMILES string of the molecule is COc1ccc([N+](=O)[O-])cc1NC(=O)/C(C#N)=C/c1ccc(OC)c(OCc2ccc(Br)cc2)c1. The first kappa shape index (κ1) is 25.3. The van der Waals surface area contributed by atoms with Gasteiger partial charge in [-0.3, -0.25) is 14.9 Å². The van der Waals surface area contributed by atoms with Gasteiger partial charge in [0.15, 0.2) is 11.5 Å². The molecule has 0 aliphatic carbocycles. The summed E-state index contributed by atoms with van der Waals surface area (Å²) >= 11 is 3.39. The van der Waals surface area contributed by atoms with Gasteiger partial charge in [0.05, 0.1) is 24.8 Å². The molecule has 3 aromatic carbocycles. The van der Waals surface area contributed by atoms with E-state index in [-0.39, 0.29) is 29.3 Å². The van der Waals surface area contributed by atoms with Gasteiger partial charge in [0, 0.05) is 16.6 Å². The number of amides is 1. The highest BCUT2D eigenvalue weighted by Gasteiger charge is 2.17. The van der Waals surface area contributed by atoms with Crippen molar-refractivity contribution < 1.29 is 23.9 Å². The lowest BCUT2D eigenvalue weighted by Crippen LogP contribution is -2.14. The van der Waals surface area contributed by atoms with Gasteiger partial charge in [-0.2, -0.15) is 5.26 Å². The number of non-ortho nitro benzene ring substituents is 1. The largest absolute Gasteiger partial charge is 0.495 e. The minimum Gasteiger partial charge on any atom is -0.495 e. The molecule has 0 fully saturated rings. The number of carbonyl (C=O) groups excluding carboxylic acids is 1. The Labute approximate surface area is 209 Å². The lowest BCUT2D eigenvalue weighted by atomic mass is 10.1. The molecule has 0 aliphatic rings. The fourth-order valence-corrected chi connectivity index (χ4v) is 3.31. The summed E-state index contributed by atoms with van der Waals surface area (Å²) in [6.07, 6.45) is 1.38. The van der Waals surface area contributed by atoms with Gasteiger partial charge in [-0.1, -0.05) is 34.1 Å². The van der Waals surface area contributed by atoms with E-state index in [1.807, 2.05) is 30.3 Å². The van der Waals surface area contributed by atoms with Gasteiger partial charge in [-0.25, -0.2) is 0 Å². The summed E-state index contributed by atoms with van der Waals surface area (Å²) in [5.74, 6) is 0.388. The van der Waals surface area contributed by atoms with Crippen molar-refractivity contribution >= 4 is 39.3 Å². The predicted octanol–water partition coefficient (Wildman–Crippen LogP) is 5.50. The van der Waals surface area contributed by atoms with Crippen LogP contribution >= 0.6 is 15.9 Å². The number of ether oxygens (including phenoxy) is 3. The number of nitro benzene ring substituents is 1. The van der Waals surface area contributed by atoms with Crippen molar-refractivity contribution in [3.63, 3.8) is 0 Å². The van der Waals surface area contributed by atoms with Crippen molar-refractivity contribution in [3.05, 3.63) is 92.0 Å². The van der Waals surface area contributed by atoms with E-state index in [1.54, 1.807) is 18.2 Å². The lowest BCUT2D eigenvalue weighted by molar-refractivity contribution is -0.384. The number of nitrogens with zero attached hydrogens (tertiary/aromatic N) is 2. The molecule has 3 rings (SSSR count). The average molecular weight is 538 g/mol. The van der Waals surface area contributed by atoms with Crippen LogP contribution in [-0.4, -0.2) is 25.1 Å². The Kier molecular flexibility index (Phi) is 8.43. The summed E-state index contributed by atoms with van der Waals surface area (Å²) in [5.41, 5.74) is 1.09. The molecular formula is C25H20BrN3O6. The fourth-order valence-electron chi connectivity index (χ4n) is 3.05. The van der Waals surface area contributed by atoms with E-state index in [2.05, 4.69) is 21.2 Å². The standard InChI is InChI=1S/C25H20BrN3O6/c1-33-22-10-8-20(29(31)32)13-21(22)28-25(30)18(14-27)11-17-5-9-23(34-2)24(12-17)35-15-16-3-6-19(26)7-4-16/h3-13H,15H2,1-2H3,(H,28,30)/b18-11+. The Morgan fingerprint density at radius 1 is 1.06 bits per heavy atom. The maximum Gasteiger partial charge on any atom is 0.271 e. The molecule has 0 saturated carbocycles. The molecular weight excluding hydrogens is 518 g/mol. The van der Waals surface area contributed by atoms with Gasteiger partial charge < -0.3 is 19.5 Å². The highest BCUT2D eigenvalue weighted by molar-refractivity contribution is 9.10. The van der Waals surface area contributed by atoms with Crippen molar-refractivity contribution in [3.8, 4) is 23.3 Å². The number of nitro groups is 1. The third-order valence-corrected chi connectivity index (χ3v) is 5.34. The van der Waals surface area contributed by atoms with Crippen LogP contribution in [0.4, 0.5) is 11.4 Å². The van der Waals surface area contributed by atoms with Gasteiger partial charge in [-0.15, -0.1) is 0 Å². The Hall–Kier alpha value is -4.36. The molecule has 0 spiro atoms. The maximum absolute atomic E-state index is 12.8. The fraction of sp³-hybridized carbons (Fsp3) is 0.120. The summed E-state index contributed by atoms with van der Waals surface area (Å²) in [4.78, 5) is 23.2. The molecule has 0 aromatic heterocycles. The van der Waals surface area contributed by atoms with Crippen LogP contribution in [0.1, 0.15) is 11.1 Å². The minimum atomic E-state index is -0.751. The van der Waals surface area contributed by atoms with Crippen LogP contribution in [0.15, 0.2) is 70.7 Å². The number of methoxy groups -OCH3 is 2. The number of hydrogen-bond acceptors (Lipinski definition) is 7. The average Bonchev–Trinajstić information content (AvgIpc) is 2.86. The number of nitriles is 1. The number of carbonyl (C=O) groups is 1. The third kappa shape index (κ3) is 6.59. The molecule has 35 heavy (non-hydrogen) atoms. The van der Waals surface area contributed by atoms with Crippen LogP contribution in [0.25, 0.3) is 6.08 Å². The van der Waals surface area contributed by atoms with E-state index < -0.39 is 10.8 Å². The molecule has 10 heteroatoms. The van der Waals surface area contributed by atoms with Crippen LogP contribution < -0.4 is 19.5 Å². The Morgan fingerprint density at radius 3 is 2.37 bits per heavy atom. The lowest BCUT2D eigenvalue weighted by Gasteiger charge is -2.12. The molecule has 0 bridgehead atoms. The molecule has 0 radical (unpaired) electrons. The van der Waals surface area contributed by atoms with Crippen molar-refractivity contribution in [2.45, 2.75) is 6.61 Å². The van der Waals surface area contributed by atoms with Gasteiger partial charge >= 0.3 is 0 Å². The molecule has 1 N–H and O–H groups in total. The number of anilines is 1. The van der Waals surface area contributed by atoms with E-state index >= 15 is 0 Å². The zero-order valence-corrected chi connectivity index (χ0v) is 20.4. The molecule has 0 saturated heterocycles. The maximum atomic E-state index is 12.8. The van der Waals surface area contributed by atoms with Crippen LogP contribution in [0.3, 0.4) is 0 Å². The molecule has 0 atom stereocenters. The molecule has 0 aliphatic heterocycles. The monoisotopic (exact) mass is 537 g/mol. The van der Waals surface area contributed by atoms with Crippen molar-refractivity contribution in [1.29, 1.82) is 5.26 Å². The minimum absolute atomic E-state index is 0.0705. The highest BCUT2D eigenvalue weighted by atomic mass is 79.9. The quantitative estimate of drug-likeness (QED) is 0.165. The molecule has 178 valence electrons. The van der Waals surface area contributed by atoms with E-state index in [0.29, 0.717) is 17.1 Å². The number of benzene rings is 3.